The molecule has 2 N–H and O–H groups in total. The van der Waals surface area contributed by atoms with Gasteiger partial charge in [0.2, 0.25) is 0 Å². The van der Waals surface area contributed by atoms with E-state index < -0.39 is 0 Å². The van der Waals surface area contributed by atoms with Gasteiger partial charge in [0.1, 0.15) is 0 Å². The summed E-state index contributed by atoms with van der Waals surface area (Å²) in [5.41, 5.74) is 0.622. The number of aromatic nitrogens is 3. The monoisotopic (exact) mass is 343 g/mol. The van der Waals surface area contributed by atoms with Gasteiger partial charge in [-0.15, -0.1) is 17.5 Å². The van der Waals surface area contributed by atoms with E-state index in [4.69, 9.17) is 0 Å². The Bertz CT molecular complexity index is 472. The topological polar surface area (TPSA) is 71.8 Å². The van der Waals surface area contributed by atoms with Gasteiger partial charge in [-0.3, -0.25) is 4.79 Å². The van der Waals surface area contributed by atoms with Crippen molar-refractivity contribution in [2.45, 2.75) is 58.9 Å². The van der Waals surface area contributed by atoms with Gasteiger partial charge in [0.05, 0.1) is 12.2 Å². The minimum Gasteiger partial charge on any atom is -0.350 e. The molecule has 132 valence electrons. The maximum absolute atomic E-state index is 12.3. The molecule has 1 aliphatic heterocycles. The van der Waals surface area contributed by atoms with Crippen molar-refractivity contribution in [1.82, 2.24) is 25.6 Å². The Morgan fingerprint density at radius 3 is 2.48 bits per heavy atom. The normalized spacial score (nSPS) is 16.0. The number of piperidine rings is 1. The Morgan fingerprint density at radius 1 is 1.30 bits per heavy atom. The van der Waals surface area contributed by atoms with Gasteiger partial charge in [-0.25, -0.2) is 4.68 Å². The average molecular weight is 344 g/mol. The predicted octanol–water partition coefficient (Wildman–Crippen LogP) is 2.57. The van der Waals surface area contributed by atoms with Crippen molar-refractivity contribution >= 4 is 18.3 Å². The number of halogens is 1. The third kappa shape index (κ3) is 4.91. The summed E-state index contributed by atoms with van der Waals surface area (Å²) in [6.07, 6.45) is 7.08. The van der Waals surface area contributed by atoms with Crippen LogP contribution in [0.4, 0.5) is 0 Å². The molecule has 0 atom stereocenters. The van der Waals surface area contributed by atoms with Gasteiger partial charge in [0.25, 0.3) is 5.91 Å². The standard InChI is InChI=1S/C16H29N5O.ClH/c1-4-16(5-2,6-3)12-18-15(22)14-11-21(20-19-14)13-7-9-17-10-8-13;/h11,13,17H,4-10,12H2,1-3H3,(H,18,22);1H. The molecule has 0 aliphatic carbocycles. The zero-order chi connectivity index (χ0) is 16.0. The summed E-state index contributed by atoms with van der Waals surface area (Å²) in [5, 5.41) is 14.6. The van der Waals surface area contributed by atoms with E-state index in [0.717, 1.165) is 45.2 Å². The molecule has 0 aromatic carbocycles. The Balaban J connectivity index is 0.00000264. The highest BCUT2D eigenvalue weighted by molar-refractivity contribution is 5.91. The number of hydrogen-bond acceptors (Lipinski definition) is 4. The van der Waals surface area contributed by atoms with Gasteiger partial charge in [0, 0.05) is 6.54 Å². The number of carbonyl (C=O) groups excluding carboxylic acids is 1. The Labute approximate surface area is 145 Å². The molecule has 6 nitrogen and oxygen atoms in total. The van der Waals surface area contributed by atoms with E-state index in [1.54, 1.807) is 6.20 Å². The van der Waals surface area contributed by atoms with Crippen LogP contribution in [-0.4, -0.2) is 40.5 Å². The van der Waals surface area contributed by atoms with Crippen LogP contribution in [0.15, 0.2) is 6.20 Å². The lowest BCUT2D eigenvalue weighted by Gasteiger charge is -2.30. The van der Waals surface area contributed by atoms with Crippen LogP contribution < -0.4 is 10.6 Å². The van der Waals surface area contributed by atoms with Crippen molar-refractivity contribution in [3.05, 3.63) is 11.9 Å². The molecule has 1 aromatic rings. The quantitative estimate of drug-likeness (QED) is 0.798. The van der Waals surface area contributed by atoms with Gasteiger partial charge in [-0.2, -0.15) is 0 Å². The van der Waals surface area contributed by atoms with Crippen LogP contribution >= 0.6 is 12.4 Å². The van der Waals surface area contributed by atoms with Crippen LogP contribution in [-0.2, 0) is 0 Å². The highest BCUT2D eigenvalue weighted by Gasteiger charge is 2.25. The lowest BCUT2D eigenvalue weighted by atomic mass is 9.80. The average Bonchev–Trinajstić information content (AvgIpc) is 3.07. The van der Waals surface area contributed by atoms with E-state index in [-0.39, 0.29) is 23.7 Å². The first kappa shape index (κ1) is 19.9. The predicted molar refractivity (Wildman–Crippen MR) is 94.0 cm³/mol. The summed E-state index contributed by atoms with van der Waals surface area (Å²) < 4.78 is 1.85. The largest absolute Gasteiger partial charge is 0.350 e. The second-order valence-corrected chi connectivity index (χ2v) is 6.31. The SMILES string of the molecule is CCC(CC)(CC)CNC(=O)c1cn(C2CCNCC2)nn1.Cl. The van der Waals surface area contributed by atoms with E-state index in [2.05, 4.69) is 41.7 Å². The maximum atomic E-state index is 12.3. The number of rotatable bonds is 7. The second kappa shape index (κ2) is 9.23. The Kier molecular flexibility index (Phi) is 7.99. The minimum absolute atomic E-state index is 0. The molecule has 2 heterocycles. The molecule has 0 spiro atoms. The lowest BCUT2D eigenvalue weighted by Crippen LogP contribution is -2.36. The Morgan fingerprint density at radius 2 is 1.91 bits per heavy atom. The summed E-state index contributed by atoms with van der Waals surface area (Å²) >= 11 is 0. The van der Waals surface area contributed by atoms with Gasteiger partial charge >= 0.3 is 0 Å². The molecule has 1 fully saturated rings. The van der Waals surface area contributed by atoms with E-state index in [1.807, 2.05) is 4.68 Å². The molecule has 1 aromatic heterocycles. The van der Waals surface area contributed by atoms with Crippen LogP contribution in [0.2, 0.25) is 0 Å². The van der Waals surface area contributed by atoms with E-state index in [1.165, 1.54) is 0 Å². The summed E-state index contributed by atoms with van der Waals surface area (Å²) in [6, 6.07) is 0.358. The molecule has 1 saturated heterocycles. The molecule has 1 amide bonds. The molecular weight excluding hydrogens is 314 g/mol. The van der Waals surface area contributed by atoms with Crippen molar-refractivity contribution in [2.75, 3.05) is 19.6 Å². The first-order valence-corrected chi connectivity index (χ1v) is 8.55. The number of amides is 1. The fraction of sp³-hybridized carbons (Fsp3) is 0.812. The van der Waals surface area contributed by atoms with Crippen LogP contribution in [0.1, 0.15) is 69.4 Å². The van der Waals surface area contributed by atoms with E-state index in [0.29, 0.717) is 18.3 Å². The van der Waals surface area contributed by atoms with Crippen molar-refractivity contribution < 1.29 is 4.79 Å². The first-order chi connectivity index (χ1) is 10.6. The summed E-state index contributed by atoms with van der Waals surface area (Å²) in [5.74, 6) is -0.111. The molecule has 2 rings (SSSR count). The highest BCUT2D eigenvalue weighted by Crippen LogP contribution is 2.29. The van der Waals surface area contributed by atoms with E-state index >= 15 is 0 Å². The fourth-order valence-electron chi connectivity index (χ4n) is 3.11. The third-order valence-electron chi connectivity index (χ3n) is 5.30. The molecule has 0 bridgehead atoms. The van der Waals surface area contributed by atoms with Gasteiger partial charge in [-0.05, 0) is 50.6 Å². The van der Waals surface area contributed by atoms with Crippen molar-refractivity contribution in [1.29, 1.82) is 0 Å². The lowest BCUT2D eigenvalue weighted by molar-refractivity contribution is 0.0918. The number of nitrogens with zero attached hydrogens (tertiary/aromatic N) is 3. The third-order valence-corrected chi connectivity index (χ3v) is 5.30. The maximum Gasteiger partial charge on any atom is 0.273 e. The van der Waals surface area contributed by atoms with Crippen LogP contribution in [0.25, 0.3) is 0 Å². The molecule has 1 aliphatic rings. The zero-order valence-electron chi connectivity index (χ0n) is 14.5. The zero-order valence-corrected chi connectivity index (χ0v) is 15.3. The number of carbonyl (C=O) groups is 1. The molecule has 7 heteroatoms. The van der Waals surface area contributed by atoms with Crippen LogP contribution in [0.3, 0.4) is 0 Å². The van der Waals surface area contributed by atoms with Crippen molar-refractivity contribution in [3.63, 3.8) is 0 Å². The summed E-state index contributed by atoms with van der Waals surface area (Å²) in [4.78, 5) is 12.3. The van der Waals surface area contributed by atoms with Crippen LogP contribution in [0.5, 0.6) is 0 Å². The van der Waals surface area contributed by atoms with Crippen LogP contribution in [0, 0.1) is 5.41 Å². The van der Waals surface area contributed by atoms with Gasteiger partial charge in [-0.1, -0.05) is 26.0 Å². The summed E-state index contributed by atoms with van der Waals surface area (Å²) in [6.45, 7) is 9.26. The molecule has 23 heavy (non-hydrogen) atoms. The minimum atomic E-state index is -0.111. The number of nitrogens with one attached hydrogen (secondary N) is 2. The number of hydrogen-bond donors (Lipinski definition) is 2. The smallest absolute Gasteiger partial charge is 0.273 e. The molecule has 0 saturated carbocycles. The molecule has 0 radical (unpaired) electrons. The van der Waals surface area contributed by atoms with Gasteiger partial charge in [0.15, 0.2) is 5.69 Å². The van der Waals surface area contributed by atoms with Gasteiger partial charge < -0.3 is 10.6 Å². The first-order valence-electron chi connectivity index (χ1n) is 8.55. The van der Waals surface area contributed by atoms with Crippen molar-refractivity contribution in [2.24, 2.45) is 5.41 Å². The molecule has 0 unspecified atom stereocenters. The van der Waals surface area contributed by atoms with Crippen molar-refractivity contribution in [3.8, 4) is 0 Å². The Hall–Kier alpha value is -1.14. The fourth-order valence-corrected chi connectivity index (χ4v) is 3.11. The summed E-state index contributed by atoms with van der Waals surface area (Å²) in [7, 11) is 0. The molecular formula is C16H30ClN5O. The second-order valence-electron chi connectivity index (χ2n) is 6.31. The highest BCUT2D eigenvalue weighted by atomic mass is 35.5. The van der Waals surface area contributed by atoms with E-state index in [9.17, 15) is 4.79 Å².